The summed E-state index contributed by atoms with van der Waals surface area (Å²) in [5.41, 5.74) is -0.306. The van der Waals surface area contributed by atoms with Gasteiger partial charge in [-0.2, -0.15) is 8.42 Å². The molecule has 0 aromatic rings. The molecule has 0 radical (unpaired) electrons. The lowest BCUT2D eigenvalue weighted by atomic mass is 9.77. The minimum Gasteiger partial charge on any atom is -0.465 e. The first-order chi connectivity index (χ1) is 11.9. The van der Waals surface area contributed by atoms with Gasteiger partial charge in [-0.25, -0.2) is 4.79 Å². The van der Waals surface area contributed by atoms with Crippen molar-refractivity contribution in [2.75, 3.05) is 26.0 Å². The van der Waals surface area contributed by atoms with Gasteiger partial charge in [-0.15, -0.1) is 0 Å². The molecule has 1 fully saturated rings. The van der Waals surface area contributed by atoms with Gasteiger partial charge in [-0.1, -0.05) is 41.5 Å². The number of rotatable bonds is 6. The summed E-state index contributed by atoms with van der Waals surface area (Å²) in [7, 11) is -5.61. The third kappa shape index (κ3) is 6.44. The Morgan fingerprint density at radius 3 is 2.04 bits per heavy atom. The smallest absolute Gasteiger partial charge is 0.407 e. The molecule has 0 aliphatic carbocycles. The Kier molecular flexibility index (Phi) is 7.23. The molecule has 1 rings (SSSR count). The fourth-order valence-electron chi connectivity index (χ4n) is 3.43. The Bertz CT molecular complexity index is 635. The van der Waals surface area contributed by atoms with Crippen LogP contribution in [0.15, 0.2) is 0 Å². The van der Waals surface area contributed by atoms with Crippen LogP contribution in [0.4, 0.5) is 4.79 Å². The second-order valence-corrected chi connectivity index (χ2v) is 16.7. The van der Waals surface area contributed by atoms with Crippen molar-refractivity contribution in [1.82, 2.24) is 4.90 Å². The molecule has 0 saturated carbocycles. The number of hydrogen-bond acceptors (Lipinski definition) is 5. The number of nitrogens with zero attached hydrogens (tertiary/aromatic N) is 1. The fourth-order valence-corrected chi connectivity index (χ4v) is 4.90. The van der Waals surface area contributed by atoms with Crippen LogP contribution in [0, 0.1) is 17.3 Å². The minimum absolute atomic E-state index is 0.0271. The van der Waals surface area contributed by atoms with E-state index in [1.807, 2.05) is 20.8 Å². The van der Waals surface area contributed by atoms with Crippen molar-refractivity contribution >= 4 is 24.5 Å². The van der Waals surface area contributed by atoms with E-state index in [4.69, 9.17) is 8.61 Å². The molecule has 0 spiro atoms. The van der Waals surface area contributed by atoms with E-state index in [1.54, 1.807) is 0 Å². The van der Waals surface area contributed by atoms with Gasteiger partial charge in [0.1, 0.15) is 0 Å². The summed E-state index contributed by atoms with van der Waals surface area (Å²) in [6.45, 7) is 17.4. The molecule has 27 heavy (non-hydrogen) atoms. The van der Waals surface area contributed by atoms with Crippen LogP contribution in [0.2, 0.25) is 18.1 Å². The van der Waals surface area contributed by atoms with Gasteiger partial charge < -0.3 is 14.4 Å². The quantitative estimate of drug-likeness (QED) is 0.518. The van der Waals surface area contributed by atoms with Crippen molar-refractivity contribution in [3.8, 4) is 0 Å². The predicted molar refractivity (Wildman–Crippen MR) is 109 cm³/mol. The first kappa shape index (κ1) is 24.4. The minimum atomic E-state index is -3.59. The Morgan fingerprint density at radius 2 is 1.67 bits per heavy atom. The van der Waals surface area contributed by atoms with Crippen LogP contribution in [0.3, 0.4) is 0 Å². The maximum Gasteiger partial charge on any atom is 0.407 e. The predicted octanol–water partition coefficient (Wildman–Crippen LogP) is 3.63. The van der Waals surface area contributed by atoms with E-state index >= 15 is 0 Å². The maximum atomic E-state index is 11.8. The van der Waals surface area contributed by atoms with Gasteiger partial charge in [0.25, 0.3) is 10.1 Å². The van der Waals surface area contributed by atoms with Gasteiger partial charge >= 0.3 is 6.09 Å². The molecular formula is C18H37NO6SSi. The van der Waals surface area contributed by atoms with Gasteiger partial charge in [0.15, 0.2) is 8.32 Å². The number of carboxylic acid groups (broad SMARTS) is 1. The summed E-state index contributed by atoms with van der Waals surface area (Å²) in [6.07, 6.45) is 0.0216. The lowest BCUT2D eigenvalue weighted by molar-refractivity contribution is 0.0706. The average Bonchev–Trinajstić information content (AvgIpc) is 2.79. The lowest BCUT2D eigenvalue weighted by Gasteiger charge is -2.41. The molecule has 1 aliphatic heterocycles. The maximum absolute atomic E-state index is 11.8. The topological polar surface area (TPSA) is 93.1 Å². The summed E-state index contributed by atoms with van der Waals surface area (Å²) < 4.78 is 34.4. The number of likely N-dealkylation sites (tertiary alicyclic amines) is 1. The molecule has 160 valence electrons. The monoisotopic (exact) mass is 423 g/mol. The molecule has 1 saturated heterocycles. The van der Waals surface area contributed by atoms with Crippen LogP contribution in [0.1, 0.15) is 41.5 Å². The van der Waals surface area contributed by atoms with Crippen LogP contribution in [0.25, 0.3) is 0 Å². The van der Waals surface area contributed by atoms with Gasteiger partial charge in [-0.05, 0) is 23.5 Å². The third-order valence-corrected chi connectivity index (χ3v) is 10.9. The molecule has 7 nitrogen and oxygen atoms in total. The van der Waals surface area contributed by atoms with Crippen molar-refractivity contribution < 1.29 is 26.9 Å². The zero-order valence-electron chi connectivity index (χ0n) is 18.2. The summed E-state index contributed by atoms with van der Waals surface area (Å²) in [4.78, 5) is 13.3. The summed E-state index contributed by atoms with van der Waals surface area (Å²) in [6, 6.07) is -0.270. The zero-order chi connectivity index (χ0) is 21.4. The summed E-state index contributed by atoms with van der Waals surface area (Å²) >= 11 is 0. The van der Waals surface area contributed by atoms with Gasteiger partial charge in [-0.3, -0.25) is 4.18 Å². The molecule has 1 N–H and O–H groups in total. The Labute approximate surface area is 165 Å². The number of carbonyl (C=O) groups is 1. The van der Waals surface area contributed by atoms with Gasteiger partial charge in [0.05, 0.1) is 12.9 Å². The molecule has 0 aromatic carbocycles. The van der Waals surface area contributed by atoms with E-state index in [2.05, 4.69) is 33.9 Å². The molecule has 1 amide bonds. The molecule has 9 heteroatoms. The molecule has 3 atom stereocenters. The second kappa shape index (κ2) is 8.00. The number of amides is 1. The highest BCUT2D eigenvalue weighted by Gasteiger charge is 2.50. The number of hydrogen-bond donors (Lipinski definition) is 1. The summed E-state index contributed by atoms with van der Waals surface area (Å²) in [5, 5.41) is 9.74. The first-order valence-corrected chi connectivity index (χ1v) is 14.1. The van der Waals surface area contributed by atoms with E-state index in [0.29, 0.717) is 6.61 Å². The Morgan fingerprint density at radius 1 is 1.15 bits per heavy atom. The molecular weight excluding hydrogens is 386 g/mol. The van der Waals surface area contributed by atoms with Crippen molar-refractivity contribution in [2.45, 2.75) is 65.7 Å². The average molecular weight is 424 g/mol. The first-order valence-electron chi connectivity index (χ1n) is 9.35. The highest BCUT2D eigenvalue weighted by atomic mass is 32.2. The van der Waals surface area contributed by atoms with E-state index in [1.165, 1.54) is 4.90 Å². The standard InChI is InChI=1S/C18H37NO6SSi/c1-17(2,3)15-14(12-25-27(8,9)18(4,5)6)13(10-19(15)16(20)21)11-24-26(7,22)23/h13-15H,10-12H2,1-9H3,(H,20,21). The Hall–Kier alpha value is -0.643. The van der Waals surface area contributed by atoms with E-state index in [-0.39, 0.29) is 41.5 Å². The zero-order valence-corrected chi connectivity index (χ0v) is 20.0. The van der Waals surface area contributed by atoms with Crippen molar-refractivity contribution in [1.29, 1.82) is 0 Å². The van der Waals surface area contributed by atoms with Crippen LogP contribution >= 0.6 is 0 Å². The van der Waals surface area contributed by atoms with Gasteiger partial charge in [0, 0.05) is 31.0 Å². The van der Waals surface area contributed by atoms with Gasteiger partial charge in [0.2, 0.25) is 0 Å². The molecule has 0 aromatic heterocycles. The molecule has 3 unspecified atom stereocenters. The molecule has 1 aliphatic rings. The highest BCUT2D eigenvalue weighted by molar-refractivity contribution is 7.85. The summed E-state index contributed by atoms with van der Waals surface area (Å²) in [5.74, 6) is -0.359. The van der Waals surface area contributed by atoms with Crippen LogP contribution in [-0.2, 0) is 18.7 Å². The normalized spacial score (nSPS) is 25.1. The van der Waals surface area contributed by atoms with Crippen LogP contribution in [-0.4, -0.2) is 64.9 Å². The van der Waals surface area contributed by atoms with Crippen LogP contribution < -0.4 is 0 Å². The van der Waals surface area contributed by atoms with Crippen molar-refractivity contribution in [3.05, 3.63) is 0 Å². The van der Waals surface area contributed by atoms with Crippen LogP contribution in [0.5, 0.6) is 0 Å². The van der Waals surface area contributed by atoms with E-state index in [0.717, 1.165) is 6.26 Å². The van der Waals surface area contributed by atoms with E-state index < -0.39 is 24.5 Å². The fraction of sp³-hybridized carbons (Fsp3) is 0.944. The Balaban J connectivity index is 3.15. The lowest BCUT2D eigenvalue weighted by Crippen LogP contribution is -2.48. The SMILES string of the molecule is CC(C)(C)C1C(CO[Si](C)(C)C(C)(C)C)C(COS(C)(=O)=O)CN1C(=O)O. The second-order valence-electron chi connectivity index (χ2n) is 10.2. The largest absolute Gasteiger partial charge is 0.465 e. The van der Waals surface area contributed by atoms with E-state index in [9.17, 15) is 18.3 Å². The molecule has 0 bridgehead atoms. The molecule has 1 heterocycles. The third-order valence-electron chi connectivity index (χ3n) is 5.85. The van der Waals surface area contributed by atoms with Crippen molar-refractivity contribution in [2.24, 2.45) is 17.3 Å². The van der Waals surface area contributed by atoms with Crippen molar-refractivity contribution in [3.63, 3.8) is 0 Å². The highest BCUT2D eigenvalue weighted by Crippen LogP contribution is 2.43.